The standard InChI is InChI=1S/C14H25NO/c1-11(2)7-8-12(3)15-13(4)10-14-6-5-9-16-14/h5-6,9,11-13,15H,7-8,10H2,1-4H3. The minimum atomic E-state index is 0.480. The summed E-state index contributed by atoms with van der Waals surface area (Å²) in [5.74, 6) is 1.86. The highest BCUT2D eigenvalue weighted by molar-refractivity contribution is 5.00. The van der Waals surface area contributed by atoms with E-state index in [9.17, 15) is 0 Å². The zero-order valence-electron chi connectivity index (χ0n) is 11.0. The molecule has 0 aliphatic heterocycles. The molecule has 16 heavy (non-hydrogen) atoms. The van der Waals surface area contributed by atoms with Crippen LogP contribution in [0.1, 0.15) is 46.3 Å². The van der Waals surface area contributed by atoms with Gasteiger partial charge >= 0.3 is 0 Å². The fraction of sp³-hybridized carbons (Fsp3) is 0.714. The zero-order chi connectivity index (χ0) is 12.0. The lowest BCUT2D eigenvalue weighted by Gasteiger charge is -2.20. The summed E-state index contributed by atoms with van der Waals surface area (Å²) in [5.41, 5.74) is 0. The molecule has 0 saturated heterocycles. The number of nitrogens with one attached hydrogen (secondary N) is 1. The molecular weight excluding hydrogens is 198 g/mol. The van der Waals surface area contributed by atoms with Crippen molar-refractivity contribution in [2.24, 2.45) is 5.92 Å². The Labute approximate surface area is 99.4 Å². The van der Waals surface area contributed by atoms with Crippen LogP contribution in [-0.2, 0) is 6.42 Å². The van der Waals surface area contributed by atoms with E-state index in [0.717, 1.165) is 18.1 Å². The van der Waals surface area contributed by atoms with Crippen molar-refractivity contribution in [1.29, 1.82) is 0 Å². The van der Waals surface area contributed by atoms with Gasteiger partial charge in [-0.25, -0.2) is 0 Å². The van der Waals surface area contributed by atoms with E-state index in [2.05, 4.69) is 33.0 Å². The van der Waals surface area contributed by atoms with Crippen molar-refractivity contribution in [3.8, 4) is 0 Å². The average molecular weight is 223 g/mol. The molecule has 2 nitrogen and oxygen atoms in total. The monoisotopic (exact) mass is 223 g/mol. The van der Waals surface area contributed by atoms with Gasteiger partial charge in [-0.15, -0.1) is 0 Å². The second-order valence-electron chi connectivity index (χ2n) is 5.22. The minimum Gasteiger partial charge on any atom is -0.469 e. The molecule has 1 rings (SSSR count). The molecule has 1 aromatic rings. The van der Waals surface area contributed by atoms with Crippen molar-refractivity contribution in [1.82, 2.24) is 5.32 Å². The van der Waals surface area contributed by atoms with Gasteiger partial charge in [0.15, 0.2) is 0 Å². The highest BCUT2D eigenvalue weighted by Gasteiger charge is 2.09. The molecule has 1 heterocycles. The molecule has 1 N–H and O–H groups in total. The summed E-state index contributed by atoms with van der Waals surface area (Å²) in [5, 5.41) is 3.61. The Hall–Kier alpha value is -0.760. The van der Waals surface area contributed by atoms with Crippen LogP contribution in [0.15, 0.2) is 22.8 Å². The van der Waals surface area contributed by atoms with Crippen molar-refractivity contribution in [3.63, 3.8) is 0 Å². The van der Waals surface area contributed by atoms with Gasteiger partial charge in [0.1, 0.15) is 5.76 Å². The van der Waals surface area contributed by atoms with Gasteiger partial charge in [0.25, 0.3) is 0 Å². The van der Waals surface area contributed by atoms with Crippen molar-refractivity contribution in [3.05, 3.63) is 24.2 Å². The molecule has 2 heteroatoms. The van der Waals surface area contributed by atoms with E-state index < -0.39 is 0 Å². The molecule has 0 saturated carbocycles. The third-order valence-electron chi connectivity index (χ3n) is 2.83. The molecule has 2 unspecified atom stereocenters. The van der Waals surface area contributed by atoms with E-state index in [1.165, 1.54) is 12.8 Å². The first-order valence-corrected chi connectivity index (χ1v) is 6.36. The maximum absolute atomic E-state index is 5.34. The van der Waals surface area contributed by atoms with Crippen LogP contribution in [0.25, 0.3) is 0 Å². The maximum Gasteiger partial charge on any atom is 0.105 e. The molecule has 0 bridgehead atoms. The lowest BCUT2D eigenvalue weighted by atomic mass is 10.0. The van der Waals surface area contributed by atoms with Gasteiger partial charge in [-0.1, -0.05) is 13.8 Å². The maximum atomic E-state index is 5.34. The van der Waals surface area contributed by atoms with Gasteiger partial charge in [-0.2, -0.15) is 0 Å². The first-order chi connectivity index (χ1) is 7.58. The summed E-state index contributed by atoms with van der Waals surface area (Å²) in [6, 6.07) is 5.06. The van der Waals surface area contributed by atoms with Gasteiger partial charge in [0.2, 0.25) is 0 Å². The Bertz CT molecular complexity index is 266. The molecule has 0 amide bonds. The van der Waals surface area contributed by atoms with Crippen LogP contribution < -0.4 is 5.32 Å². The second-order valence-corrected chi connectivity index (χ2v) is 5.22. The molecule has 0 aliphatic rings. The van der Waals surface area contributed by atoms with E-state index >= 15 is 0 Å². The summed E-state index contributed by atoms with van der Waals surface area (Å²) in [4.78, 5) is 0. The lowest BCUT2D eigenvalue weighted by molar-refractivity contribution is 0.391. The van der Waals surface area contributed by atoms with Crippen molar-refractivity contribution in [2.75, 3.05) is 0 Å². The first kappa shape index (κ1) is 13.3. The smallest absolute Gasteiger partial charge is 0.105 e. The Morgan fingerprint density at radius 2 is 1.88 bits per heavy atom. The van der Waals surface area contributed by atoms with E-state index in [1.807, 2.05) is 12.1 Å². The number of hydrogen-bond donors (Lipinski definition) is 1. The molecule has 0 radical (unpaired) electrons. The van der Waals surface area contributed by atoms with Crippen LogP contribution in [0.3, 0.4) is 0 Å². The topological polar surface area (TPSA) is 25.2 Å². The van der Waals surface area contributed by atoms with Gasteiger partial charge in [0, 0.05) is 18.5 Å². The quantitative estimate of drug-likeness (QED) is 0.763. The Morgan fingerprint density at radius 1 is 1.12 bits per heavy atom. The molecule has 92 valence electrons. The Balaban J connectivity index is 2.20. The third-order valence-corrected chi connectivity index (χ3v) is 2.83. The summed E-state index contributed by atoms with van der Waals surface area (Å²) in [6.07, 6.45) is 5.26. The van der Waals surface area contributed by atoms with Gasteiger partial charge in [-0.05, 0) is 44.7 Å². The Morgan fingerprint density at radius 3 is 2.44 bits per heavy atom. The average Bonchev–Trinajstić information content (AvgIpc) is 2.67. The van der Waals surface area contributed by atoms with Gasteiger partial charge in [0.05, 0.1) is 6.26 Å². The predicted molar refractivity (Wildman–Crippen MR) is 68.5 cm³/mol. The summed E-state index contributed by atoms with van der Waals surface area (Å²) < 4.78 is 5.34. The summed E-state index contributed by atoms with van der Waals surface area (Å²) in [7, 11) is 0. The second kappa shape index (κ2) is 6.74. The van der Waals surface area contributed by atoms with Crippen LogP contribution in [0.4, 0.5) is 0 Å². The number of hydrogen-bond acceptors (Lipinski definition) is 2. The van der Waals surface area contributed by atoms with E-state index in [1.54, 1.807) is 6.26 Å². The van der Waals surface area contributed by atoms with Gasteiger partial charge < -0.3 is 9.73 Å². The van der Waals surface area contributed by atoms with E-state index in [4.69, 9.17) is 4.42 Å². The molecule has 0 spiro atoms. The highest BCUT2D eigenvalue weighted by atomic mass is 16.3. The Kier molecular flexibility index (Phi) is 5.61. The van der Waals surface area contributed by atoms with Crippen molar-refractivity contribution < 1.29 is 4.42 Å². The summed E-state index contributed by atoms with van der Waals surface area (Å²) >= 11 is 0. The van der Waals surface area contributed by atoms with Gasteiger partial charge in [-0.3, -0.25) is 0 Å². The molecule has 2 atom stereocenters. The van der Waals surface area contributed by atoms with Crippen LogP contribution in [0, 0.1) is 5.92 Å². The fourth-order valence-electron chi connectivity index (χ4n) is 1.94. The lowest BCUT2D eigenvalue weighted by Crippen LogP contribution is -2.35. The summed E-state index contributed by atoms with van der Waals surface area (Å²) in [6.45, 7) is 9.04. The van der Waals surface area contributed by atoms with Crippen molar-refractivity contribution >= 4 is 0 Å². The molecular formula is C14H25NO. The normalized spacial score (nSPS) is 15.3. The molecule has 0 aromatic carbocycles. The molecule has 0 aliphatic carbocycles. The fourth-order valence-corrected chi connectivity index (χ4v) is 1.94. The third kappa shape index (κ3) is 5.36. The largest absolute Gasteiger partial charge is 0.469 e. The van der Waals surface area contributed by atoms with E-state index in [0.29, 0.717) is 12.1 Å². The highest BCUT2D eigenvalue weighted by Crippen LogP contribution is 2.09. The van der Waals surface area contributed by atoms with Crippen LogP contribution in [-0.4, -0.2) is 12.1 Å². The number of furan rings is 1. The van der Waals surface area contributed by atoms with Crippen LogP contribution >= 0.6 is 0 Å². The number of rotatable bonds is 7. The molecule has 1 aromatic heterocycles. The first-order valence-electron chi connectivity index (χ1n) is 6.36. The van der Waals surface area contributed by atoms with Crippen LogP contribution in [0.2, 0.25) is 0 Å². The van der Waals surface area contributed by atoms with E-state index in [-0.39, 0.29) is 0 Å². The van der Waals surface area contributed by atoms with Crippen LogP contribution in [0.5, 0.6) is 0 Å². The molecule has 0 fully saturated rings. The van der Waals surface area contributed by atoms with Crippen molar-refractivity contribution in [2.45, 2.75) is 59.0 Å². The minimum absolute atomic E-state index is 0.480. The predicted octanol–water partition coefficient (Wildman–Crippen LogP) is 3.62. The zero-order valence-corrected chi connectivity index (χ0v) is 11.0. The SMILES string of the molecule is CC(C)CCC(C)NC(C)Cc1ccco1.